The molecule has 0 amide bonds. The number of fused-ring (bicyclic) bond motifs is 4. The molecule has 4 aliphatic rings. The molecule has 2 aromatic rings. The number of rotatable bonds is 3. The van der Waals surface area contributed by atoms with Crippen molar-refractivity contribution in [2.45, 2.75) is 44.1 Å². The fourth-order valence-corrected chi connectivity index (χ4v) is 6.76. The molecule has 5 atom stereocenters. The van der Waals surface area contributed by atoms with E-state index in [1.165, 1.54) is 7.11 Å². The van der Waals surface area contributed by atoms with Gasteiger partial charge in [-0.25, -0.2) is 4.79 Å². The maximum absolute atomic E-state index is 13.0. The van der Waals surface area contributed by atoms with Crippen LogP contribution < -0.4 is 4.74 Å². The van der Waals surface area contributed by atoms with Crippen molar-refractivity contribution in [3.05, 3.63) is 29.5 Å². The van der Waals surface area contributed by atoms with Gasteiger partial charge in [0.25, 0.3) is 0 Å². The van der Waals surface area contributed by atoms with Gasteiger partial charge in [-0.3, -0.25) is 9.69 Å². The molecule has 1 N–H and O–H groups in total. The first-order valence-corrected chi connectivity index (χ1v) is 10.8. The number of hydrogen-bond donors (Lipinski definition) is 1. The van der Waals surface area contributed by atoms with Crippen molar-refractivity contribution in [3.8, 4) is 5.75 Å². The number of aryl methyl sites for hydroxylation is 1. The molecule has 1 aliphatic carbocycles. The van der Waals surface area contributed by atoms with Gasteiger partial charge in [0.05, 0.1) is 7.11 Å². The summed E-state index contributed by atoms with van der Waals surface area (Å²) < 4.78 is 11.9. The average Bonchev–Trinajstić information content (AvgIpc) is 2.96. The van der Waals surface area contributed by atoms with Crippen molar-refractivity contribution >= 4 is 23.0 Å². The maximum Gasteiger partial charge on any atom is 0.513 e. The van der Waals surface area contributed by atoms with Gasteiger partial charge in [-0.2, -0.15) is 0 Å². The van der Waals surface area contributed by atoms with Crippen LogP contribution in [0, 0.1) is 11.8 Å². The van der Waals surface area contributed by atoms with Crippen LogP contribution in [-0.4, -0.2) is 52.9 Å². The van der Waals surface area contributed by atoms with Crippen molar-refractivity contribution in [2.75, 3.05) is 20.2 Å². The Morgan fingerprint density at radius 1 is 1.33 bits per heavy atom. The third kappa shape index (κ3) is 2.47. The molecule has 7 heteroatoms. The Balaban J connectivity index is 1.74. The van der Waals surface area contributed by atoms with E-state index in [4.69, 9.17) is 4.74 Å². The third-order valence-corrected chi connectivity index (χ3v) is 7.71. The molecule has 6 rings (SSSR count). The minimum atomic E-state index is -0.898. The second-order valence-corrected chi connectivity index (χ2v) is 9.06. The number of carbonyl (C=O) groups excluding carboxylic acids is 1. The van der Waals surface area contributed by atoms with Crippen LogP contribution in [0.25, 0.3) is 10.9 Å². The zero-order valence-corrected chi connectivity index (χ0v) is 17.7. The number of carboxylic acid groups (broad SMARTS) is 1. The summed E-state index contributed by atoms with van der Waals surface area (Å²) >= 11 is 0. The molecule has 30 heavy (non-hydrogen) atoms. The van der Waals surface area contributed by atoms with E-state index in [1.54, 1.807) is 6.07 Å². The van der Waals surface area contributed by atoms with Crippen LogP contribution in [0.4, 0.5) is 4.79 Å². The Morgan fingerprint density at radius 3 is 2.83 bits per heavy atom. The fourth-order valence-electron chi connectivity index (χ4n) is 6.76. The van der Waals surface area contributed by atoms with Gasteiger partial charge in [0, 0.05) is 42.8 Å². The lowest BCUT2D eigenvalue weighted by atomic mass is 9.56. The molecule has 0 spiro atoms. The van der Waals surface area contributed by atoms with Crippen LogP contribution in [0.2, 0.25) is 0 Å². The van der Waals surface area contributed by atoms with Crippen molar-refractivity contribution in [1.29, 1.82) is 0 Å². The quantitative estimate of drug-likeness (QED) is 0.615. The highest BCUT2D eigenvalue weighted by Crippen LogP contribution is 2.55. The number of aliphatic carboxylic acids is 1. The molecule has 1 aromatic carbocycles. The summed E-state index contributed by atoms with van der Waals surface area (Å²) in [5, 5.41) is 11.6. The van der Waals surface area contributed by atoms with Crippen LogP contribution >= 0.6 is 0 Å². The van der Waals surface area contributed by atoms with Crippen molar-refractivity contribution < 1.29 is 24.2 Å². The van der Waals surface area contributed by atoms with Gasteiger partial charge in [0.15, 0.2) is 0 Å². The number of methoxy groups -OCH3 is 1. The number of carbonyl (C=O) groups is 2. The summed E-state index contributed by atoms with van der Waals surface area (Å²) in [6.07, 6.45) is 2.86. The highest BCUT2D eigenvalue weighted by molar-refractivity contribution is 5.92. The van der Waals surface area contributed by atoms with Crippen LogP contribution in [0.3, 0.4) is 0 Å². The molecular weight excluding hydrogens is 384 g/mol. The second kappa shape index (κ2) is 6.74. The lowest BCUT2D eigenvalue weighted by Crippen LogP contribution is -2.67. The molecule has 4 heterocycles. The predicted molar refractivity (Wildman–Crippen MR) is 111 cm³/mol. The maximum atomic E-state index is 13.0. The first kappa shape index (κ1) is 19.4. The van der Waals surface area contributed by atoms with Crippen molar-refractivity contribution in [2.24, 2.45) is 18.9 Å². The fraction of sp³-hybridized carbons (Fsp3) is 0.565. The van der Waals surface area contributed by atoms with E-state index in [0.29, 0.717) is 24.0 Å². The number of ether oxygens (including phenoxy) is 2. The van der Waals surface area contributed by atoms with Gasteiger partial charge in [0.1, 0.15) is 11.2 Å². The predicted octanol–water partition coefficient (Wildman–Crippen LogP) is 3.32. The van der Waals surface area contributed by atoms with Gasteiger partial charge in [0.2, 0.25) is 0 Å². The molecule has 160 valence electrons. The second-order valence-electron chi connectivity index (χ2n) is 9.06. The van der Waals surface area contributed by atoms with Crippen molar-refractivity contribution in [1.82, 2.24) is 9.47 Å². The molecule has 1 saturated carbocycles. The largest absolute Gasteiger partial charge is 0.513 e. The molecular formula is C23H28N2O5. The Bertz CT molecular complexity index is 1040. The smallest absolute Gasteiger partial charge is 0.480 e. The molecule has 1 aromatic heterocycles. The normalized spacial score (nSPS) is 31.8. The van der Waals surface area contributed by atoms with Crippen molar-refractivity contribution in [3.63, 3.8) is 0 Å². The number of benzene rings is 1. The lowest BCUT2D eigenvalue weighted by Gasteiger charge is -2.57. The number of nitrogens with zero attached hydrogens (tertiary/aromatic N) is 2. The SMILES string of the molecule is CCC1C[C@@H]2CN3CCc4c(n(C)c5ccc(OC(=O)OC)cc45)[C@](C(=O)O)(C2)C13. The lowest BCUT2D eigenvalue weighted by molar-refractivity contribution is -0.158. The molecule has 3 aliphatic heterocycles. The van der Waals surface area contributed by atoms with E-state index < -0.39 is 17.5 Å². The van der Waals surface area contributed by atoms with E-state index >= 15 is 0 Å². The minimum Gasteiger partial charge on any atom is -0.480 e. The standard InChI is InChI=1S/C23H28N2O5/c1-4-14-9-13-11-23(21(26)27)19(14)25(12-13)8-7-16-17-10-15(30-22(28)29-3)5-6-18(17)24(2)20(16)23/h5-6,10,13-14,19H,4,7-9,11-12H2,1-3H3,(H,26,27)/t13-,14?,19?,23-/m0/s1. The first-order valence-electron chi connectivity index (χ1n) is 10.8. The molecule has 2 saturated heterocycles. The zero-order chi connectivity index (χ0) is 21.2. The Labute approximate surface area is 175 Å². The van der Waals surface area contributed by atoms with E-state index in [0.717, 1.165) is 54.5 Å². The molecule has 0 radical (unpaired) electrons. The van der Waals surface area contributed by atoms with Crippen LogP contribution in [0.5, 0.6) is 5.75 Å². The molecule has 7 nitrogen and oxygen atoms in total. The minimum absolute atomic E-state index is 0.0278. The van der Waals surface area contributed by atoms with Crippen LogP contribution in [-0.2, 0) is 28.4 Å². The Morgan fingerprint density at radius 2 is 2.13 bits per heavy atom. The van der Waals surface area contributed by atoms with Gasteiger partial charge < -0.3 is 19.1 Å². The molecule has 4 bridgehead atoms. The van der Waals surface area contributed by atoms with Gasteiger partial charge in [-0.1, -0.05) is 13.3 Å². The molecule has 3 unspecified atom stereocenters. The zero-order valence-electron chi connectivity index (χ0n) is 17.7. The van der Waals surface area contributed by atoms with Gasteiger partial charge in [-0.05, 0) is 54.9 Å². The Hall–Kier alpha value is -2.54. The summed E-state index contributed by atoms with van der Waals surface area (Å²) in [5.74, 6) is 0.516. The average molecular weight is 412 g/mol. The monoisotopic (exact) mass is 412 g/mol. The van der Waals surface area contributed by atoms with E-state index in [-0.39, 0.29) is 6.04 Å². The van der Waals surface area contributed by atoms with E-state index in [2.05, 4.69) is 21.1 Å². The number of piperidine rings is 2. The Kier molecular flexibility index (Phi) is 4.36. The first-order chi connectivity index (χ1) is 14.4. The van der Waals surface area contributed by atoms with Gasteiger partial charge in [-0.15, -0.1) is 0 Å². The summed E-state index contributed by atoms with van der Waals surface area (Å²) in [4.78, 5) is 27.0. The van der Waals surface area contributed by atoms with Crippen LogP contribution in [0.15, 0.2) is 18.2 Å². The summed E-state index contributed by atoms with van der Waals surface area (Å²) in [7, 11) is 3.26. The number of hydrogen-bond acceptors (Lipinski definition) is 5. The number of aromatic nitrogens is 1. The summed E-state index contributed by atoms with van der Waals surface area (Å²) in [5.41, 5.74) is 2.09. The summed E-state index contributed by atoms with van der Waals surface area (Å²) in [6.45, 7) is 4.05. The number of carboxylic acids is 1. The van der Waals surface area contributed by atoms with Crippen LogP contribution in [0.1, 0.15) is 37.4 Å². The highest BCUT2D eigenvalue weighted by Gasteiger charge is 2.62. The topological polar surface area (TPSA) is 81.0 Å². The van der Waals surface area contributed by atoms with E-state index in [9.17, 15) is 14.7 Å². The van der Waals surface area contributed by atoms with Gasteiger partial charge >= 0.3 is 12.1 Å². The third-order valence-electron chi connectivity index (χ3n) is 7.71. The highest BCUT2D eigenvalue weighted by atomic mass is 16.7. The van der Waals surface area contributed by atoms with E-state index in [1.807, 2.05) is 19.2 Å². The molecule has 3 fully saturated rings. The summed E-state index contributed by atoms with van der Waals surface area (Å²) in [6, 6.07) is 5.52.